The average Bonchev–Trinajstić information content (AvgIpc) is 2.20. The van der Waals surface area contributed by atoms with Crippen molar-refractivity contribution >= 4 is 5.78 Å². The maximum atomic E-state index is 13.4. The van der Waals surface area contributed by atoms with E-state index in [4.69, 9.17) is 4.74 Å². The van der Waals surface area contributed by atoms with Crippen molar-refractivity contribution in [2.24, 2.45) is 0 Å². The monoisotopic (exact) mass is 236 g/mol. The lowest BCUT2D eigenvalue weighted by Crippen LogP contribution is -2.24. The number of ketones is 1. The van der Waals surface area contributed by atoms with Crippen molar-refractivity contribution < 1.29 is 27.1 Å². The quantitative estimate of drug-likeness (QED) is 0.583. The summed E-state index contributed by atoms with van der Waals surface area (Å²) < 4.78 is 54.4. The van der Waals surface area contributed by atoms with Gasteiger partial charge in [-0.25, -0.2) is 4.39 Å². The van der Waals surface area contributed by atoms with Crippen molar-refractivity contribution in [3.05, 3.63) is 29.1 Å². The van der Waals surface area contributed by atoms with Crippen LogP contribution in [-0.2, 0) is 0 Å². The van der Waals surface area contributed by atoms with Crippen LogP contribution < -0.4 is 4.74 Å². The molecule has 2 nitrogen and oxygen atoms in total. The molecular formula is C10H8F4O2. The normalized spacial score (nSPS) is 11.4. The zero-order chi connectivity index (χ0) is 12.5. The van der Waals surface area contributed by atoms with Gasteiger partial charge in [-0.05, 0) is 19.1 Å². The smallest absolute Gasteiger partial charge is 0.454 e. The predicted molar refractivity (Wildman–Crippen MR) is 48.1 cm³/mol. The molecule has 0 aliphatic heterocycles. The Kier molecular flexibility index (Phi) is 3.21. The van der Waals surface area contributed by atoms with Crippen LogP contribution in [0.2, 0.25) is 0 Å². The van der Waals surface area contributed by atoms with Crippen LogP contribution in [0.3, 0.4) is 0 Å². The summed E-state index contributed by atoms with van der Waals surface area (Å²) in [4.78, 5) is 10.8. The Labute approximate surface area is 88.8 Å². The van der Waals surface area contributed by atoms with Crippen molar-refractivity contribution in [1.82, 2.24) is 0 Å². The van der Waals surface area contributed by atoms with Gasteiger partial charge in [0, 0.05) is 5.56 Å². The number of halogens is 4. The van der Waals surface area contributed by atoms with Crippen LogP contribution >= 0.6 is 0 Å². The van der Waals surface area contributed by atoms with E-state index in [9.17, 15) is 22.4 Å². The number of carbonyl (C=O) groups is 1. The summed E-state index contributed by atoms with van der Waals surface area (Å²) in [6, 6.07) is 1.88. The standard InChI is InChI=1S/C10H8F4O2/c1-5-7(16-2)4-3-6(8(5)11)9(15)10(12,13)14/h3-4H,1-2H3. The second kappa shape index (κ2) is 4.11. The van der Waals surface area contributed by atoms with Gasteiger partial charge in [0.2, 0.25) is 0 Å². The van der Waals surface area contributed by atoms with Crippen LogP contribution in [0.25, 0.3) is 0 Å². The fraction of sp³-hybridized carbons (Fsp3) is 0.300. The summed E-state index contributed by atoms with van der Waals surface area (Å²) in [5.41, 5.74) is -1.12. The number of benzene rings is 1. The third-order valence-electron chi connectivity index (χ3n) is 2.06. The van der Waals surface area contributed by atoms with Gasteiger partial charge < -0.3 is 4.74 Å². The highest BCUT2D eigenvalue weighted by Crippen LogP contribution is 2.28. The average molecular weight is 236 g/mol. The first-order valence-corrected chi connectivity index (χ1v) is 4.23. The Balaban J connectivity index is 3.28. The van der Waals surface area contributed by atoms with Gasteiger partial charge in [-0.15, -0.1) is 0 Å². The molecule has 1 rings (SSSR count). The lowest BCUT2D eigenvalue weighted by molar-refractivity contribution is -0.0887. The van der Waals surface area contributed by atoms with Crippen LogP contribution in [0.5, 0.6) is 5.75 Å². The lowest BCUT2D eigenvalue weighted by atomic mass is 10.1. The number of alkyl halides is 3. The molecule has 16 heavy (non-hydrogen) atoms. The zero-order valence-electron chi connectivity index (χ0n) is 8.48. The Morgan fingerprint density at radius 2 is 1.88 bits per heavy atom. The summed E-state index contributed by atoms with van der Waals surface area (Å²) in [5.74, 6) is -3.31. The number of carbonyl (C=O) groups excluding carboxylic acids is 1. The minimum absolute atomic E-state index is 0.0937. The molecule has 1 aromatic carbocycles. The zero-order valence-corrected chi connectivity index (χ0v) is 8.48. The molecule has 0 unspecified atom stereocenters. The molecule has 0 atom stereocenters. The predicted octanol–water partition coefficient (Wildman–Crippen LogP) is 2.89. The fourth-order valence-corrected chi connectivity index (χ4v) is 1.22. The number of hydrogen-bond donors (Lipinski definition) is 0. The molecule has 0 aliphatic carbocycles. The summed E-state index contributed by atoms with van der Waals surface area (Å²) in [7, 11) is 1.26. The van der Waals surface area contributed by atoms with E-state index in [2.05, 4.69) is 0 Å². The first-order valence-electron chi connectivity index (χ1n) is 4.23. The molecule has 0 bridgehead atoms. The number of rotatable bonds is 2. The van der Waals surface area contributed by atoms with Crippen LogP contribution in [-0.4, -0.2) is 19.1 Å². The third-order valence-corrected chi connectivity index (χ3v) is 2.06. The summed E-state index contributed by atoms with van der Waals surface area (Å²) in [5, 5.41) is 0. The molecule has 88 valence electrons. The van der Waals surface area contributed by atoms with E-state index >= 15 is 0 Å². The van der Waals surface area contributed by atoms with Crippen LogP contribution in [0.1, 0.15) is 15.9 Å². The summed E-state index contributed by atoms with van der Waals surface area (Å²) in [6.45, 7) is 1.24. The maximum Gasteiger partial charge on any atom is 0.454 e. The Morgan fingerprint density at radius 3 is 2.31 bits per heavy atom. The van der Waals surface area contributed by atoms with E-state index in [0.717, 1.165) is 12.1 Å². The minimum Gasteiger partial charge on any atom is -0.496 e. The molecule has 0 amide bonds. The molecule has 1 aromatic rings. The Hall–Kier alpha value is -1.59. The molecule has 0 aliphatic rings. The number of Topliss-reactive ketones (excluding diaryl/α,β-unsaturated/α-hetero) is 1. The summed E-state index contributed by atoms with van der Waals surface area (Å²) >= 11 is 0. The summed E-state index contributed by atoms with van der Waals surface area (Å²) in [6.07, 6.45) is -5.08. The molecule has 0 aromatic heterocycles. The van der Waals surface area contributed by atoms with Crippen LogP contribution in [0.4, 0.5) is 17.6 Å². The number of ether oxygens (including phenoxy) is 1. The van der Waals surface area contributed by atoms with Crippen LogP contribution in [0.15, 0.2) is 12.1 Å². The molecule has 0 N–H and O–H groups in total. The van der Waals surface area contributed by atoms with Crippen molar-refractivity contribution in [1.29, 1.82) is 0 Å². The van der Waals surface area contributed by atoms with Gasteiger partial charge in [-0.2, -0.15) is 13.2 Å². The van der Waals surface area contributed by atoms with E-state index in [1.54, 1.807) is 0 Å². The van der Waals surface area contributed by atoms with E-state index in [1.807, 2.05) is 0 Å². The highest BCUT2D eigenvalue weighted by atomic mass is 19.4. The Morgan fingerprint density at radius 1 is 1.31 bits per heavy atom. The van der Waals surface area contributed by atoms with Crippen molar-refractivity contribution in [3.63, 3.8) is 0 Å². The minimum atomic E-state index is -5.08. The van der Waals surface area contributed by atoms with E-state index in [-0.39, 0.29) is 11.3 Å². The van der Waals surface area contributed by atoms with Gasteiger partial charge >= 0.3 is 6.18 Å². The molecule has 0 saturated carbocycles. The highest BCUT2D eigenvalue weighted by Gasteiger charge is 2.41. The molecule has 6 heteroatoms. The van der Waals surface area contributed by atoms with E-state index < -0.39 is 23.3 Å². The van der Waals surface area contributed by atoms with Gasteiger partial charge in [0.1, 0.15) is 11.6 Å². The maximum absolute atomic E-state index is 13.4. The van der Waals surface area contributed by atoms with Gasteiger partial charge in [0.15, 0.2) is 0 Å². The SMILES string of the molecule is COc1ccc(C(=O)C(F)(F)F)c(F)c1C. The molecule has 0 saturated heterocycles. The topological polar surface area (TPSA) is 26.3 Å². The van der Waals surface area contributed by atoms with E-state index in [1.165, 1.54) is 14.0 Å². The first kappa shape index (κ1) is 12.5. The van der Waals surface area contributed by atoms with E-state index in [0.29, 0.717) is 0 Å². The van der Waals surface area contributed by atoms with Crippen molar-refractivity contribution in [3.8, 4) is 5.75 Å². The second-order valence-electron chi connectivity index (χ2n) is 3.08. The highest BCUT2D eigenvalue weighted by molar-refractivity contribution is 6.00. The molecule has 0 radical (unpaired) electrons. The van der Waals surface area contributed by atoms with Crippen molar-refractivity contribution in [2.45, 2.75) is 13.1 Å². The lowest BCUT2D eigenvalue weighted by Gasteiger charge is -2.10. The van der Waals surface area contributed by atoms with Gasteiger partial charge in [0.25, 0.3) is 5.78 Å². The fourth-order valence-electron chi connectivity index (χ4n) is 1.22. The second-order valence-corrected chi connectivity index (χ2v) is 3.08. The molecule has 0 fully saturated rings. The third kappa shape index (κ3) is 2.15. The molecule has 0 heterocycles. The Bertz CT molecular complexity index is 424. The largest absolute Gasteiger partial charge is 0.496 e. The van der Waals surface area contributed by atoms with Gasteiger partial charge in [0.05, 0.1) is 12.7 Å². The number of hydrogen-bond acceptors (Lipinski definition) is 2. The molecule has 0 spiro atoms. The van der Waals surface area contributed by atoms with Gasteiger partial charge in [-0.3, -0.25) is 4.79 Å². The first-order chi connectivity index (χ1) is 7.29. The van der Waals surface area contributed by atoms with Crippen LogP contribution in [0, 0.1) is 12.7 Å². The van der Waals surface area contributed by atoms with Crippen molar-refractivity contribution in [2.75, 3.05) is 7.11 Å². The molecular weight excluding hydrogens is 228 g/mol. The number of methoxy groups -OCH3 is 1. The van der Waals surface area contributed by atoms with Gasteiger partial charge in [-0.1, -0.05) is 0 Å².